The van der Waals surface area contributed by atoms with Gasteiger partial charge in [0.1, 0.15) is 5.75 Å². The molecular formula is C13H13N3O3. The van der Waals surface area contributed by atoms with E-state index in [9.17, 15) is 4.79 Å². The van der Waals surface area contributed by atoms with Crippen molar-refractivity contribution in [2.24, 2.45) is 0 Å². The van der Waals surface area contributed by atoms with Gasteiger partial charge < -0.3 is 14.6 Å². The van der Waals surface area contributed by atoms with Crippen LogP contribution in [0.15, 0.2) is 22.7 Å². The molecule has 3 rings (SSSR count). The molecule has 1 aliphatic rings. The summed E-state index contributed by atoms with van der Waals surface area (Å²) in [5.74, 6) is 1.57. The maximum Gasteiger partial charge on any atom is 0.257 e. The lowest BCUT2D eigenvalue weighted by Gasteiger charge is -1.99. The van der Waals surface area contributed by atoms with E-state index in [2.05, 4.69) is 15.5 Å². The smallest absolute Gasteiger partial charge is 0.257 e. The molecule has 1 amide bonds. The third-order valence-corrected chi connectivity index (χ3v) is 3.00. The fraction of sp³-hybridized carbons (Fsp3) is 0.308. The van der Waals surface area contributed by atoms with Gasteiger partial charge >= 0.3 is 0 Å². The third kappa shape index (κ3) is 2.29. The highest BCUT2D eigenvalue weighted by molar-refractivity contribution is 5.77. The molecule has 1 aliphatic heterocycles. The summed E-state index contributed by atoms with van der Waals surface area (Å²) in [6, 6.07) is 5.77. The van der Waals surface area contributed by atoms with E-state index in [4.69, 9.17) is 9.26 Å². The first-order valence-corrected chi connectivity index (χ1v) is 6.05. The van der Waals surface area contributed by atoms with E-state index < -0.39 is 0 Å². The molecular weight excluding hydrogens is 246 g/mol. The van der Waals surface area contributed by atoms with Gasteiger partial charge in [-0.25, -0.2) is 0 Å². The predicted molar refractivity (Wildman–Crippen MR) is 66.7 cm³/mol. The Hall–Kier alpha value is -2.37. The number of nitrogens with one attached hydrogen (secondary N) is 1. The number of amides is 1. The molecule has 6 nitrogen and oxygen atoms in total. The van der Waals surface area contributed by atoms with Crippen molar-refractivity contribution in [3.05, 3.63) is 29.6 Å². The first-order valence-electron chi connectivity index (χ1n) is 6.05. The summed E-state index contributed by atoms with van der Waals surface area (Å²) in [6.07, 6.45) is 1.01. The summed E-state index contributed by atoms with van der Waals surface area (Å²) in [5, 5.41) is 6.32. The lowest BCUT2D eigenvalue weighted by molar-refractivity contribution is -0.120. The van der Waals surface area contributed by atoms with Gasteiger partial charge in [0.2, 0.25) is 5.91 Å². The molecule has 0 saturated carbocycles. The van der Waals surface area contributed by atoms with Gasteiger partial charge in [0.15, 0.2) is 5.82 Å². The van der Waals surface area contributed by atoms with Crippen molar-refractivity contribution in [1.29, 1.82) is 0 Å². The highest BCUT2D eigenvalue weighted by Gasteiger charge is 2.16. The van der Waals surface area contributed by atoms with E-state index in [1.54, 1.807) is 7.05 Å². The number of carbonyl (C=O) groups is 1. The SMILES string of the molecule is CNC(=O)Cc1noc(-c2ccc3c(c2)CCO3)n1. The molecule has 0 atom stereocenters. The average Bonchev–Trinajstić information content (AvgIpc) is 3.05. The minimum absolute atomic E-state index is 0.119. The monoisotopic (exact) mass is 259 g/mol. The van der Waals surface area contributed by atoms with Crippen LogP contribution in [-0.2, 0) is 17.6 Å². The Balaban J connectivity index is 1.84. The second-order valence-electron chi connectivity index (χ2n) is 4.29. The summed E-state index contributed by atoms with van der Waals surface area (Å²) in [7, 11) is 1.57. The molecule has 1 aromatic heterocycles. The summed E-state index contributed by atoms with van der Waals surface area (Å²) in [6.45, 7) is 0.713. The van der Waals surface area contributed by atoms with E-state index in [1.807, 2.05) is 18.2 Å². The van der Waals surface area contributed by atoms with Gasteiger partial charge in [0, 0.05) is 19.0 Å². The van der Waals surface area contributed by atoms with Crippen molar-refractivity contribution in [2.45, 2.75) is 12.8 Å². The lowest BCUT2D eigenvalue weighted by Crippen LogP contribution is -2.20. The number of aromatic nitrogens is 2. The maximum atomic E-state index is 11.2. The number of rotatable bonds is 3. The Bertz CT molecular complexity index is 621. The molecule has 0 bridgehead atoms. The van der Waals surface area contributed by atoms with Crippen LogP contribution in [-0.4, -0.2) is 29.7 Å². The Morgan fingerprint density at radius 3 is 3.21 bits per heavy atom. The highest BCUT2D eigenvalue weighted by atomic mass is 16.5. The maximum absolute atomic E-state index is 11.2. The van der Waals surface area contributed by atoms with Crippen LogP contribution in [0.25, 0.3) is 11.5 Å². The average molecular weight is 259 g/mol. The zero-order valence-corrected chi connectivity index (χ0v) is 10.5. The van der Waals surface area contributed by atoms with E-state index in [0.29, 0.717) is 18.3 Å². The quantitative estimate of drug-likeness (QED) is 0.888. The van der Waals surface area contributed by atoms with Crippen LogP contribution in [0, 0.1) is 0 Å². The number of hydrogen-bond acceptors (Lipinski definition) is 5. The number of hydrogen-bond donors (Lipinski definition) is 1. The Morgan fingerprint density at radius 2 is 2.37 bits per heavy atom. The summed E-state index contributed by atoms with van der Waals surface area (Å²) in [4.78, 5) is 15.4. The third-order valence-electron chi connectivity index (χ3n) is 3.00. The minimum atomic E-state index is -0.144. The molecule has 0 saturated heterocycles. The lowest BCUT2D eigenvalue weighted by atomic mass is 10.1. The second-order valence-corrected chi connectivity index (χ2v) is 4.29. The number of ether oxygens (including phenoxy) is 1. The van der Waals surface area contributed by atoms with E-state index in [1.165, 1.54) is 0 Å². The Labute approximate surface area is 109 Å². The van der Waals surface area contributed by atoms with Crippen LogP contribution < -0.4 is 10.1 Å². The first kappa shape index (κ1) is 11.7. The molecule has 19 heavy (non-hydrogen) atoms. The van der Waals surface area contributed by atoms with Crippen LogP contribution in [0.4, 0.5) is 0 Å². The van der Waals surface area contributed by atoms with Gasteiger partial charge in [-0.2, -0.15) is 4.98 Å². The zero-order chi connectivity index (χ0) is 13.2. The molecule has 1 N–H and O–H groups in total. The molecule has 0 aliphatic carbocycles. The van der Waals surface area contributed by atoms with Gasteiger partial charge in [-0.15, -0.1) is 0 Å². The topological polar surface area (TPSA) is 77.2 Å². The van der Waals surface area contributed by atoms with Crippen LogP contribution >= 0.6 is 0 Å². The molecule has 0 fully saturated rings. The van der Waals surface area contributed by atoms with Gasteiger partial charge in [-0.3, -0.25) is 4.79 Å². The summed E-state index contributed by atoms with van der Waals surface area (Å²) >= 11 is 0. The summed E-state index contributed by atoms with van der Waals surface area (Å²) < 4.78 is 10.6. The number of carbonyl (C=O) groups excluding carboxylic acids is 1. The van der Waals surface area contributed by atoms with Crippen molar-refractivity contribution in [2.75, 3.05) is 13.7 Å². The van der Waals surface area contributed by atoms with Crippen molar-refractivity contribution < 1.29 is 14.1 Å². The highest BCUT2D eigenvalue weighted by Crippen LogP contribution is 2.29. The van der Waals surface area contributed by atoms with E-state index in [0.717, 1.165) is 23.3 Å². The van der Waals surface area contributed by atoms with Crippen molar-refractivity contribution in [3.8, 4) is 17.2 Å². The van der Waals surface area contributed by atoms with Crippen molar-refractivity contribution in [3.63, 3.8) is 0 Å². The fourth-order valence-electron chi connectivity index (χ4n) is 1.99. The Morgan fingerprint density at radius 1 is 1.47 bits per heavy atom. The van der Waals surface area contributed by atoms with Crippen LogP contribution in [0.3, 0.4) is 0 Å². The van der Waals surface area contributed by atoms with Gasteiger partial charge in [0.25, 0.3) is 5.89 Å². The van der Waals surface area contributed by atoms with Gasteiger partial charge in [-0.1, -0.05) is 5.16 Å². The number of nitrogens with zero attached hydrogens (tertiary/aromatic N) is 2. The predicted octanol–water partition coefficient (Wildman–Crippen LogP) is 0.960. The number of fused-ring (bicyclic) bond motifs is 1. The van der Waals surface area contributed by atoms with Crippen LogP contribution in [0.5, 0.6) is 5.75 Å². The molecule has 6 heteroatoms. The molecule has 0 spiro atoms. The second kappa shape index (κ2) is 4.72. The van der Waals surface area contributed by atoms with Gasteiger partial charge in [0.05, 0.1) is 13.0 Å². The molecule has 98 valence electrons. The molecule has 1 aromatic carbocycles. The zero-order valence-electron chi connectivity index (χ0n) is 10.5. The fourth-order valence-corrected chi connectivity index (χ4v) is 1.99. The van der Waals surface area contributed by atoms with E-state index >= 15 is 0 Å². The standard InChI is InChI=1S/C13H13N3O3/c1-14-12(17)7-11-15-13(19-16-11)9-2-3-10-8(6-9)4-5-18-10/h2-3,6H,4-5,7H2,1H3,(H,14,17). The summed E-state index contributed by atoms with van der Waals surface area (Å²) in [5.41, 5.74) is 1.99. The van der Waals surface area contributed by atoms with Crippen LogP contribution in [0.1, 0.15) is 11.4 Å². The number of likely N-dealkylation sites (N-methyl/N-ethyl adjacent to an activating group) is 1. The number of benzene rings is 1. The molecule has 2 aromatic rings. The molecule has 0 unspecified atom stereocenters. The van der Waals surface area contributed by atoms with Crippen LogP contribution in [0.2, 0.25) is 0 Å². The Kier molecular flexibility index (Phi) is 2.91. The normalized spacial score (nSPS) is 12.9. The first-order chi connectivity index (χ1) is 9.26. The minimum Gasteiger partial charge on any atom is -0.493 e. The molecule has 0 radical (unpaired) electrons. The largest absolute Gasteiger partial charge is 0.493 e. The van der Waals surface area contributed by atoms with Crippen molar-refractivity contribution in [1.82, 2.24) is 15.5 Å². The van der Waals surface area contributed by atoms with Crippen molar-refractivity contribution >= 4 is 5.91 Å². The molecule has 2 heterocycles. The van der Waals surface area contributed by atoms with E-state index in [-0.39, 0.29) is 12.3 Å². The van der Waals surface area contributed by atoms with Gasteiger partial charge in [-0.05, 0) is 23.8 Å².